The van der Waals surface area contributed by atoms with Crippen LogP contribution < -0.4 is 10.1 Å². The molecule has 0 aromatic heterocycles. The highest BCUT2D eigenvalue weighted by atomic mass is 35.5. The molecule has 4 aromatic carbocycles. The van der Waals surface area contributed by atoms with E-state index in [4.69, 9.17) is 21.1 Å². The van der Waals surface area contributed by atoms with Gasteiger partial charge in [-0.15, -0.1) is 12.4 Å². The van der Waals surface area contributed by atoms with Gasteiger partial charge < -0.3 is 19.9 Å². The summed E-state index contributed by atoms with van der Waals surface area (Å²) >= 11 is 5.98. The number of aryl methyl sites for hydroxylation is 1. The molecule has 0 heterocycles. The fourth-order valence-corrected chi connectivity index (χ4v) is 5.64. The van der Waals surface area contributed by atoms with Crippen LogP contribution >= 0.6 is 24.0 Å². The van der Waals surface area contributed by atoms with Crippen LogP contribution in [0.4, 0.5) is 0 Å². The molecule has 42 heavy (non-hydrogen) atoms. The minimum Gasteiger partial charge on any atom is -0.462 e. The van der Waals surface area contributed by atoms with Gasteiger partial charge in [0, 0.05) is 11.6 Å². The molecule has 0 radical (unpaired) electrons. The lowest BCUT2D eigenvalue weighted by Crippen LogP contribution is -2.22. The van der Waals surface area contributed by atoms with E-state index in [-0.39, 0.29) is 28.8 Å². The number of sulfone groups is 1. The van der Waals surface area contributed by atoms with Crippen LogP contribution in [0.1, 0.15) is 40.9 Å². The van der Waals surface area contributed by atoms with Crippen LogP contribution in [-0.4, -0.2) is 39.2 Å². The maximum atomic E-state index is 13.2. The Bertz CT molecular complexity index is 1560. The predicted molar refractivity (Wildman–Crippen MR) is 166 cm³/mol. The summed E-state index contributed by atoms with van der Waals surface area (Å²) in [5, 5.41) is 14.1. The monoisotopic (exact) mass is 629 g/mol. The minimum absolute atomic E-state index is 0. The van der Waals surface area contributed by atoms with E-state index < -0.39 is 21.9 Å². The van der Waals surface area contributed by atoms with Gasteiger partial charge in [-0.3, -0.25) is 0 Å². The number of rotatable bonds is 13. The molecule has 0 aliphatic heterocycles. The molecule has 7 nitrogen and oxygen atoms in total. The fraction of sp³-hybridized carbons (Fsp3) is 0.219. The van der Waals surface area contributed by atoms with Crippen LogP contribution in [0.15, 0.2) is 107 Å². The lowest BCUT2D eigenvalue weighted by Gasteiger charge is -2.12. The van der Waals surface area contributed by atoms with Crippen molar-refractivity contribution in [2.75, 3.05) is 19.7 Å². The average Bonchev–Trinajstić information content (AvgIpc) is 2.98. The Morgan fingerprint density at radius 2 is 1.57 bits per heavy atom. The fourth-order valence-electron chi connectivity index (χ4n) is 4.18. The van der Waals surface area contributed by atoms with Gasteiger partial charge in [-0.25, -0.2) is 13.2 Å². The Morgan fingerprint density at radius 3 is 2.24 bits per heavy atom. The van der Waals surface area contributed by atoms with E-state index in [0.29, 0.717) is 35.2 Å². The summed E-state index contributed by atoms with van der Waals surface area (Å²) in [6.07, 6.45) is 0.962. The molecular formula is C32H33Cl2NO6S. The van der Waals surface area contributed by atoms with Gasteiger partial charge in [-0.2, -0.15) is 0 Å². The van der Waals surface area contributed by atoms with Crippen molar-refractivity contribution in [3.05, 3.63) is 119 Å². The maximum absolute atomic E-state index is 13.2. The van der Waals surface area contributed by atoms with Gasteiger partial charge in [0.05, 0.1) is 28.1 Å². The number of aliphatic hydroxyl groups is 1. The molecule has 0 amide bonds. The maximum Gasteiger partial charge on any atom is 0.338 e. The number of esters is 1. The average molecular weight is 631 g/mol. The number of carbonyl (C=O) groups excluding carboxylic acids is 1. The minimum atomic E-state index is -3.70. The van der Waals surface area contributed by atoms with E-state index in [1.807, 2.05) is 24.3 Å². The third kappa shape index (κ3) is 9.05. The number of hydrogen-bond acceptors (Lipinski definition) is 7. The van der Waals surface area contributed by atoms with E-state index >= 15 is 0 Å². The Hall–Kier alpha value is -3.40. The van der Waals surface area contributed by atoms with Crippen LogP contribution in [0.5, 0.6) is 11.5 Å². The van der Waals surface area contributed by atoms with Gasteiger partial charge >= 0.3 is 5.97 Å². The molecule has 0 aliphatic rings. The van der Waals surface area contributed by atoms with E-state index in [0.717, 1.165) is 24.0 Å². The Balaban J connectivity index is 0.00000484. The molecular weight excluding hydrogens is 597 g/mol. The molecule has 1 atom stereocenters. The number of carbonyl (C=O) groups is 1. The van der Waals surface area contributed by atoms with Gasteiger partial charge in [0.1, 0.15) is 11.5 Å². The summed E-state index contributed by atoms with van der Waals surface area (Å²) in [6, 6.07) is 26.8. The number of ether oxygens (including phenoxy) is 2. The first-order valence-corrected chi connectivity index (χ1v) is 15.2. The van der Waals surface area contributed by atoms with Crippen LogP contribution in [0, 0.1) is 0 Å². The van der Waals surface area contributed by atoms with Crippen molar-refractivity contribution in [2.24, 2.45) is 0 Å². The number of aliphatic hydroxyl groups excluding tert-OH is 1. The summed E-state index contributed by atoms with van der Waals surface area (Å²) in [7, 11) is -3.70. The Kier molecular flexibility index (Phi) is 12.4. The molecule has 0 fully saturated rings. The molecule has 0 saturated heterocycles. The number of halogens is 2. The third-order valence-electron chi connectivity index (χ3n) is 6.34. The van der Waals surface area contributed by atoms with Gasteiger partial charge in [0.25, 0.3) is 0 Å². The quantitative estimate of drug-likeness (QED) is 0.124. The highest BCUT2D eigenvalue weighted by Crippen LogP contribution is 2.27. The van der Waals surface area contributed by atoms with Crippen molar-refractivity contribution in [1.82, 2.24) is 5.32 Å². The highest BCUT2D eigenvalue weighted by Gasteiger charge is 2.18. The lowest BCUT2D eigenvalue weighted by molar-refractivity contribution is 0.0526. The molecule has 2 N–H and O–H groups in total. The summed E-state index contributed by atoms with van der Waals surface area (Å²) < 4.78 is 37.1. The zero-order chi connectivity index (χ0) is 29.2. The summed E-state index contributed by atoms with van der Waals surface area (Å²) in [6.45, 7) is 3.14. The van der Waals surface area contributed by atoms with Gasteiger partial charge in [0.2, 0.25) is 9.84 Å². The Labute approximate surface area is 257 Å². The van der Waals surface area contributed by atoms with E-state index in [2.05, 4.69) is 5.32 Å². The van der Waals surface area contributed by atoms with Crippen LogP contribution in [0.3, 0.4) is 0 Å². The number of nitrogens with one attached hydrogen (secondary N) is 1. The highest BCUT2D eigenvalue weighted by molar-refractivity contribution is 7.91. The molecule has 0 saturated carbocycles. The molecule has 0 unspecified atom stereocenters. The van der Waals surface area contributed by atoms with Crippen molar-refractivity contribution < 1.29 is 27.8 Å². The van der Waals surface area contributed by atoms with E-state index in [9.17, 15) is 18.3 Å². The molecule has 0 aliphatic carbocycles. The first kappa shape index (κ1) is 33.1. The number of hydrogen-bond donors (Lipinski definition) is 2. The second-order valence-electron chi connectivity index (χ2n) is 9.35. The summed E-state index contributed by atoms with van der Waals surface area (Å²) in [5.41, 5.74) is 2.16. The lowest BCUT2D eigenvalue weighted by atomic mass is 10.1. The van der Waals surface area contributed by atoms with Crippen molar-refractivity contribution in [3.63, 3.8) is 0 Å². The molecule has 222 valence electrons. The summed E-state index contributed by atoms with van der Waals surface area (Å²) in [4.78, 5) is 12.3. The van der Waals surface area contributed by atoms with E-state index in [1.54, 1.807) is 67.6 Å². The van der Waals surface area contributed by atoms with Crippen LogP contribution in [0.25, 0.3) is 0 Å². The predicted octanol–water partition coefficient (Wildman–Crippen LogP) is 6.82. The Morgan fingerprint density at radius 1 is 0.905 bits per heavy atom. The number of benzene rings is 4. The topological polar surface area (TPSA) is 102 Å². The van der Waals surface area contributed by atoms with Crippen molar-refractivity contribution >= 4 is 39.8 Å². The van der Waals surface area contributed by atoms with Gasteiger partial charge in [-0.05, 0) is 104 Å². The summed E-state index contributed by atoms with van der Waals surface area (Å²) in [5.74, 6) is 0.440. The largest absolute Gasteiger partial charge is 0.462 e. The van der Waals surface area contributed by atoms with Crippen molar-refractivity contribution in [1.29, 1.82) is 0 Å². The molecule has 4 rings (SSSR count). The zero-order valence-electron chi connectivity index (χ0n) is 23.0. The smallest absolute Gasteiger partial charge is 0.338 e. The second kappa shape index (κ2) is 15.7. The molecule has 0 bridgehead atoms. The van der Waals surface area contributed by atoms with Gasteiger partial charge in [-0.1, -0.05) is 41.9 Å². The zero-order valence-corrected chi connectivity index (χ0v) is 25.4. The first-order chi connectivity index (χ1) is 19.8. The van der Waals surface area contributed by atoms with Crippen molar-refractivity contribution in [3.8, 4) is 11.5 Å². The SMILES string of the molecule is CCOC(=O)c1cccc(Oc2ccc(S(=O)(=O)c3ccc(CCCNC[C@H](O)c4cccc(Cl)c4)cc3)cc2)c1.Cl. The molecule has 0 spiro atoms. The standard InChI is InChI=1S/C32H32ClNO6S.ClH/c1-2-39-32(36)25-8-4-10-28(21-25)40-27-13-17-30(18-14-27)41(37,38)29-15-11-23(12-16-29)6-5-19-34-22-31(35)24-7-3-9-26(33)20-24;/h3-4,7-18,20-21,31,34-35H,2,5-6,19,22H2,1H3;1H/t31-;/m0./s1. The first-order valence-electron chi connectivity index (χ1n) is 13.3. The van der Waals surface area contributed by atoms with Crippen LogP contribution in [-0.2, 0) is 21.0 Å². The van der Waals surface area contributed by atoms with Crippen molar-refractivity contribution in [2.45, 2.75) is 35.7 Å². The van der Waals surface area contributed by atoms with Crippen LogP contribution in [0.2, 0.25) is 5.02 Å². The third-order valence-corrected chi connectivity index (χ3v) is 8.36. The van der Waals surface area contributed by atoms with Gasteiger partial charge in [0.15, 0.2) is 0 Å². The normalized spacial score (nSPS) is 11.8. The molecule has 4 aromatic rings. The van der Waals surface area contributed by atoms with E-state index in [1.165, 1.54) is 12.1 Å². The second-order valence-corrected chi connectivity index (χ2v) is 11.7. The molecule has 10 heteroatoms.